The fourth-order valence-corrected chi connectivity index (χ4v) is 4.16. The lowest BCUT2D eigenvalue weighted by Gasteiger charge is -2.37. The zero-order chi connectivity index (χ0) is 25.6. The van der Waals surface area contributed by atoms with Crippen molar-refractivity contribution in [1.29, 1.82) is 0 Å². The van der Waals surface area contributed by atoms with E-state index in [1.165, 1.54) is 24.0 Å². The van der Waals surface area contributed by atoms with Crippen molar-refractivity contribution in [2.75, 3.05) is 0 Å². The molecule has 8 nitrogen and oxygen atoms in total. The molecule has 5 atom stereocenters. The van der Waals surface area contributed by atoms with Crippen molar-refractivity contribution in [1.82, 2.24) is 0 Å². The van der Waals surface area contributed by atoms with Crippen LogP contribution in [0.5, 0.6) is 0 Å². The number of carbonyl (C=O) groups is 2. The number of hydrogen-bond acceptors (Lipinski definition) is 7. The molecule has 0 amide bonds. The van der Waals surface area contributed by atoms with Crippen LogP contribution >= 0.6 is 0 Å². The fourth-order valence-electron chi connectivity index (χ4n) is 4.16. The lowest BCUT2D eigenvalue weighted by atomic mass is 9.72. The summed E-state index contributed by atoms with van der Waals surface area (Å²) in [5, 5.41) is 38.5. The number of aliphatic hydroxyl groups excluding tert-OH is 3. The standard InChI is InChI=1S/C26H36O8/c1-15(11-12-18-17(3)10-7-13-26(18,4)5)8-6-9-16(2)14-19(27)33-25-22(30)20(28)21(29)23(34-25)24(31)32/h6,8-9,11-12,14,20-23,25,28-30H,7,10,13H2,1-5H3,(H,31,32)/b9-6+,12-11?,15-8?,16-14+/t20-,21-,22+,23-,25+/m0/s1. The minimum atomic E-state index is -1.85. The second-order valence-electron chi connectivity index (χ2n) is 9.59. The van der Waals surface area contributed by atoms with Crippen LogP contribution in [0.25, 0.3) is 0 Å². The van der Waals surface area contributed by atoms with Crippen molar-refractivity contribution in [2.45, 2.75) is 84.6 Å². The van der Waals surface area contributed by atoms with Gasteiger partial charge in [0, 0.05) is 6.08 Å². The van der Waals surface area contributed by atoms with Crippen molar-refractivity contribution in [3.63, 3.8) is 0 Å². The SMILES string of the molecule is CC(C=CC1=C(C)CCCC1(C)C)=C/C=C/C(C)=C/C(=O)O[C@@H]1O[C@H](C(=O)O)[C@@H](O)[C@H](O)[C@H]1O. The quantitative estimate of drug-likeness (QED) is 0.250. The molecule has 2 rings (SSSR count). The zero-order valence-corrected chi connectivity index (χ0v) is 20.4. The first kappa shape index (κ1) is 27.7. The van der Waals surface area contributed by atoms with Crippen LogP contribution in [0.3, 0.4) is 0 Å². The highest BCUT2D eigenvalue weighted by Crippen LogP contribution is 2.40. The second kappa shape index (κ2) is 11.8. The van der Waals surface area contributed by atoms with Crippen LogP contribution in [-0.2, 0) is 19.1 Å². The van der Waals surface area contributed by atoms with E-state index in [1.54, 1.807) is 19.1 Å². The Bertz CT molecular complexity index is 921. The largest absolute Gasteiger partial charge is 0.479 e. The average molecular weight is 477 g/mol. The minimum absolute atomic E-state index is 0.170. The number of carboxylic acids is 1. The Morgan fingerprint density at radius 1 is 1.06 bits per heavy atom. The summed E-state index contributed by atoms with van der Waals surface area (Å²) < 4.78 is 9.88. The molecular weight excluding hydrogens is 440 g/mol. The predicted octanol–water partition coefficient (Wildman–Crippen LogP) is 2.95. The van der Waals surface area contributed by atoms with E-state index in [0.29, 0.717) is 5.57 Å². The van der Waals surface area contributed by atoms with E-state index in [2.05, 4.69) is 32.9 Å². The lowest BCUT2D eigenvalue weighted by molar-refractivity contribution is -0.284. The van der Waals surface area contributed by atoms with Gasteiger partial charge in [0.05, 0.1) is 0 Å². The van der Waals surface area contributed by atoms with Crippen LogP contribution in [0.15, 0.2) is 58.7 Å². The molecule has 0 aromatic heterocycles. The first-order valence-corrected chi connectivity index (χ1v) is 11.4. The van der Waals surface area contributed by atoms with Gasteiger partial charge in [-0.05, 0) is 56.6 Å². The number of carboxylic acid groups (broad SMARTS) is 1. The molecule has 1 heterocycles. The van der Waals surface area contributed by atoms with Gasteiger partial charge >= 0.3 is 11.9 Å². The molecule has 188 valence electrons. The van der Waals surface area contributed by atoms with Gasteiger partial charge in [0.1, 0.15) is 18.3 Å². The predicted molar refractivity (Wildman–Crippen MR) is 127 cm³/mol. The number of aliphatic hydroxyl groups is 3. The maximum Gasteiger partial charge on any atom is 0.335 e. The summed E-state index contributed by atoms with van der Waals surface area (Å²) in [6.07, 6.45) is 5.29. The van der Waals surface area contributed by atoms with Crippen LogP contribution in [0.2, 0.25) is 0 Å². The molecule has 2 aliphatic rings. The summed E-state index contributed by atoms with van der Waals surface area (Å²) in [6, 6.07) is 0. The summed E-state index contributed by atoms with van der Waals surface area (Å²) in [4.78, 5) is 23.3. The van der Waals surface area contributed by atoms with Gasteiger partial charge in [-0.1, -0.05) is 55.4 Å². The molecule has 0 aromatic carbocycles. The van der Waals surface area contributed by atoms with E-state index < -0.39 is 42.6 Å². The van der Waals surface area contributed by atoms with Crippen LogP contribution in [0.4, 0.5) is 0 Å². The Balaban J connectivity index is 1.98. The normalized spacial score (nSPS) is 30.8. The number of ether oxygens (including phenoxy) is 2. The smallest absolute Gasteiger partial charge is 0.335 e. The number of esters is 1. The van der Waals surface area contributed by atoms with E-state index in [9.17, 15) is 24.9 Å². The molecule has 34 heavy (non-hydrogen) atoms. The van der Waals surface area contributed by atoms with E-state index in [4.69, 9.17) is 14.6 Å². The maximum atomic E-state index is 12.2. The van der Waals surface area contributed by atoms with Gasteiger partial charge in [0.15, 0.2) is 6.10 Å². The first-order valence-electron chi connectivity index (χ1n) is 11.4. The summed E-state index contributed by atoms with van der Waals surface area (Å²) in [5.41, 5.74) is 4.56. The number of allylic oxidation sites excluding steroid dienone is 9. The van der Waals surface area contributed by atoms with Crippen molar-refractivity contribution in [3.8, 4) is 0 Å². The monoisotopic (exact) mass is 476 g/mol. The Morgan fingerprint density at radius 2 is 1.74 bits per heavy atom. The molecule has 1 aliphatic carbocycles. The van der Waals surface area contributed by atoms with Gasteiger partial charge in [0.25, 0.3) is 0 Å². The van der Waals surface area contributed by atoms with E-state index in [-0.39, 0.29) is 5.41 Å². The van der Waals surface area contributed by atoms with Crippen LogP contribution in [0, 0.1) is 5.41 Å². The number of rotatable bonds is 7. The molecule has 8 heteroatoms. The summed E-state index contributed by atoms with van der Waals surface area (Å²) in [7, 11) is 0. The lowest BCUT2D eigenvalue weighted by Crippen LogP contribution is -2.60. The van der Waals surface area contributed by atoms with Gasteiger partial charge in [-0.25, -0.2) is 9.59 Å². The van der Waals surface area contributed by atoms with Crippen molar-refractivity contribution in [2.24, 2.45) is 5.41 Å². The van der Waals surface area contributed by atoms with Crippen LogP contribution in [0.1, 0.15) is 53.9 Å². The molecule has 1 aliphatic heterocycles. The third-order valence-corrected chi connectivity index (χ3v) is 6.16. The molecule has 1 saturated heterocycles. The van der Waals surface area contributed by atoms with Crippen LogP contribution in [-0.4, -0.2) is 63.1 Å². The summed E-state index contributed by atoms with van der Waals surface area (Å²) >= 11 is 0. The molecule has 1 fully saturated rings. The molecule has 0 radical (unpaired) electrons. The Hall–Kier alpha value is -2.52. The van der Waals surface area contributed by atoms with Crippen molar-refractivity contribution >= 4 is 11.9 Å². The van der Waals surface area contributed by atoms with Gasteiger partial charge in [-0.3, -0.25) is 0 Å². The highest BCUT2D eigenvalue weighted by Gasteiger charge is 2.48. The number of hydrogen-bond donors (Lipinski definition) is 4. The Labute approximate surface area is 200 Å². The molecule has 0 bridgehead atoms. The Morgan fingerprint density at radius 3 is 2.35 bits per heavy atom. The zero-order valence-electron chi connectivity index (χ0n) is 20.4. The number of aliphatic carboxylic acids is 1. The Kier molecular flexibility index (Phi) is 9.58. The number of carbonyl (C=O) groups excluding carboxylic acids is 1. The third kappa shape index (κ3) is 7.24. The van der Waals surface area contributed by atoms with Gasteiger partial charge in [-0.15, -0.1) is 0 Å². The first-order chi connectivity index (χ1) is 15.8. The minimum Gasteiger partial charge on any atom is -0.479 e. The van der Waals surface area contributed by atoms with E-state index >= 15 is 0 Å². The maximum absolute atomic E-state index is 12.2. The fraction of sp³-hybridized carbons (Fsp3) is 0.538. The van der Waals surface area contributed by atoms with E-state index in [1.807, 2.05) is 13.0 Å². The van der Waals surface area contributed by atoms with Crippen LogP contribution < -0.4 is 0 Å². The van der Waals surface area contributed by atoms with Gasteiger partial charge in [-0.2, -0.15) is 0 Å². The van der Waals surface area contributed by atoms with E-state index in [0.717, 1.165) is 18.1 Å². The van der Waals surface area contributed by atoms with Crippen molar-refractivity contribution in [3.05, 3.63) is 58.7 Å². The topological polar surface area (TPSA) is 134 Å². The van der Waals surface area contributed by atoms with Gasteiger partial charge in [0.2, 0.25) is 6.29 Å². The summed E-state index contributed by atoms with van der Waals surface area (Å²) in [5.74, 6) is -2.44. The molecular formula is C26H36O8. The highest BCUT2D eigenvalue weighted by atomic mass is 16.7. The summed E-state index contributed by atoms with van der Waals surface area (Å²) in [6.45, 7) is 10.4. The molecule has 0 aromatic rings. The van der Waals surface area contributed by atoms with Gasteiger partial charge < -0.3 is 29.9 Å². The third-order valence-electron chi connectivity index (χ3n) is 6.16. The molecule has 0 spiro atoms. The molecule has 0 unspecified atom stereocenters. The average Bonchev–Trinajstić information content (AvgIpc) is 2.73. The second-order valence-corrected chi connectivity index (χ2v) is 9.59. The van der Waals surface area contributed by atoms with Crippen molar-refractivity contribution < 1.29 is 39.5 Å². The molecule has 0 saturated carbocycles. The molecule has 4 N–H and O–H groups in total. The highest BCUT2D eigenvalue weighted by molar-refractivity contribution is 5.83.